The Morgan fingerprint density at radius 3 is 0.714 bits per heavy atom. The minimum absolute atomic E-state index is 0.519. The highest BCUT2D eigenvalue weighted by molar-refractivity contribution is 9.09. The highest BCUT2D eigenvalue weighted by atomic mass is 79.9. The van der Waals surface area contributed by atoms with Gasteiger partial charge >= 0.3 is 0 Å². The smallest absolute Gasteiger partial charge is 0.0701 e. The molecule has 0 spiro atoms. The molecule has 12 nitrogen and oxygen atoms in total. The molecular formula is C29H59BrO12. The third kappa shape index (κ3) is 38.0. The highest BCUT2D eigenvalue weighted by Gasteiger charge is 1.99. The Morgan fingerprint density at radius 1 is 0.333 bits per heavy atom. The molecule has 0 heterocycles. The summed E-state index contributed by atoms with van der Waals surface area (Å²) in [5.41, 5.74) is 0. The molecule has 0 amide bonds. The van der Waals surface area contributed by atoms with Gasteiger partial charge in [-0.05, 0) is 5.92 Å². The Kier molecular flexibility index (Phi) is 39.0. The zero-order chi connectivity index (χ0) is 30.4. The van der Waals surface area contributed by atoms with Crippen molar-refractivity contribution in [3.63, 3.8) is 0 Å². The molecule has 0 aliphatic carbocycles. The van der Waals surface area contributed by atoms with E-state index in [1.807, 2.05) is 0 Å². The van der Waals surface area contributed by atoms with Crippen molar-refractivity contribution in [2.24, 2.45) is 5.92 Å². The van der Waals surface area contributed by atoms with Crippen LogP contribution >= 0.6 is 15.9 Å². The van der Waals surface area contributed by atoms with Gasteiger partial charge in [0.25, 0.3) is 0 Å². The van der Waals surface area contributed by atoms with Crippen molar-refractivity contribution in [3.8, 4) is 0 Å². The fourth-order valence-corrected chi connectivity index (χ4v) is 3.10. The summed E-state index contributed by atoms with van der Waals surface area (Å²) in [5.74, 6) is 0.599. The van der Waals surface area contributed by atoms with E-state index in [1.165, 1.54) is 0 Å². The van der Waals surface area contributed by atoms with Crippen LogP contribution in [0.25, 0.3) is 0 Å². The summed E-state index contributed by atoms with van der Waals surface area (Å²) >= 11 is 3.30. The van der Waals surface area contributed by atoms with Crippen molar-refractivity contribution in [3.05, 3.63) is 0 Å². The summed E-state index contributed by atoms with van der Waals surface area (Å²) in [5, 5.41) is 0.839. The Bertz CT molecular complexity index is 482. The van der Waals surface area contributed by atoms with Crippen LogP contribution < -0.4 is 0 Å². The van der Waals surface area contributed by atoms with Gasteiger partial charge < -0.3 is 56.8 Å². The van der Waals surface area contributed by atoms with E-state index in [0.717, 1.165) is 18.4 Å². The molecule has 0 fully saturated rings. The van der Waals surface area contributed by atoms with Gasteiger partial charge in [-0.2, -0.15) is 0 Å². The molecule has 0 aliphatic heterocycles. The maximum absolute atomic E-state index is 5.53. The number of hydrogen-bond acceptors (Lipinski definition) is 12. The van der Waals surface area contributed by atoms with E-state index in [-0.39, 0.29) is 0 Å². The zero-order valence-electron chi connectivity index (χ0n) is 26.2. The van der Waals surface area contributed by atoms with Crippen LogP contribution in [0.4, 0.5) is 0 Å². The Labute approximate surface area is 262 Å². The second-order valence-corrected chi connectivity index (χ2v) is 9.81. The molecule has 0 saturated carbocycles. The normalized spacial score (nSPS) is 12.4. The molecule has 0 aromatic rings. The lowest BCUT2D eigenvalue weighted by Gasteiger charge is -2.10. The van der Waals surface area contributed by atoms with Crippen LogP contribution in [0.1, 0.15) is 20.3 Å². The number of ether oxygens (including phenoxy) is 12. The van der Waals surface area contributed by atoms with Crippen molar-refractivity contribution < 1.29 is 56.8 Å². The van der Waals surface area contributed by atoms with E-state index in [9.17, 15) is 0 Å². The second-order valence-electron chi connectivity index (χ2n) is 9.01. The average Bonchev–Trinajstić information content (AvgIpc) is 3.00. The minimum Gasteiger partial charge on any atom is -0.379 e. The zero-order valence-corrected chi connectivity index (χ0v) is 27.8. The molecule has 0 rings (SSSR count). The molecule has 0 radical (unpaired) electrons. The predicted octanol–water partition coefficient (Wildman–Crippen LogP) is 2.63. The van der Waals surface area contributed by atoms with Gasteiger partial charge in [-0.15, -0.1) is 0 Å². The van der Waals surface area contributed by atoms with E-state index in [2.05, 4.69) is 29.8 Å². The van der Waals surface area contributed by atoms with Gasteiger partial charge in [-0.1, -0.05) is 36.2 Å². The Balaban J connectivity index is 3.04. The topological polar surface area (TPSA) is 111 Å². The molecule has 1 atom stereocenters. The number of halogens is 1. The third-order valence-corrected chi connectivity index (χ3v) is 5.74. The van der Waals surface area contributed by atoms with Crippen LogP contribution in [0.2, 0.25) is 0 Å². The largest absolute Gasteiger partial charge is 0.379 e. The third-order valence-electron chi connectivity index (χ3n) is 5.41. The SMILES string of the molecule is CCC(C)COCCOCCOCCOCCOCCOCCOCCOCCOCCOCCOCCOCCBr. The average molecular weight is 680 g/mol. The maximum atomic E-state index is 5.53. The lowest BCUT2D eigenvalue weighted by molar-refractivity contribution is -0.0285. The molecule has 0 bridgehead atoms. The van der Waals surface area contributed by atoms with Crippen molar-refractivity contribution in [2.75, 3.05) is 164 Å². The molecule has 1 unspecified atom stereocenters. The molecule has 254 valence electrons. The Hall–Kier alpha value is 0.0000000000000000555. The maximum Gasteiger partial charge on any atom is 0.0701 e. The van der Waals surface area contributed by atoms with Gasteiger partial charge in [0.1, 0.15) is 0 Å². The van der Waals surface area contributed by atoms with Gasteiger partial charge in [-0.25, -0.2) is 0 Å². The van der Waals surface area contributed by atoms with E-state index in [1.54, 1.807) is 0 Å². The first-order chi connectivity index (χ1) is 20.8. The van der Waals surface area contributed by atoms with Gasteiger partial charge in [0.05, 0.1) is 152 Å². The van der Waals surface area contributed by atoms with E-state index in [0.29, 0.717) is 158 Å². The lowest BCUT2D eigenvalue weighted by atomic mass is 10.1. The molecule has 0 saturated heterocycles. The molecule has 13 heteroatoms. The van der Waals surface area contributed by atoms with Gasteiger partial charge in [0, 0.05) is 11.9 Å². The second kappa shape index (κ2) is 39.0. The van der Waals surface area contributed by atoms with Crippen molar-refractivity contribution in [1.82, 2.24) is 0 Å². The van der Waals surface area contributed by atoms with E-state index >= 15 is 0 Å². The predicted molar refractivity (Wildman–Crippen MR) is 163 cm³/mol. The van der Waals surface area contributed by atoms with Crippen LogP contribution in [0.15, 0.2) is 0 Å². The van der Waals surface area contributed by atoms with E-state index in [4.69, 9.17) is 56.8 Å². The first kappa shape index (κ1) is 42.0. The first-order valence-electron chi connectivity index (χ1n) is 15.3. The molecule has 0 aromatic carbocycles. The molecule has 0 N–H and O–H groups in total. The molecule has 42 heavy (non-hydrogen) atoms. The van der Waals surface area contributed by atoms with Crippen LogP contribution in [0, 0.1) is 5.92 Å². The minimum atomic E-state index is 0.519. The standard InChI is InChI=1S/C29H59BrO12/c1-3-29(2)28-42-27-26-41-25-24-40-23-22-39-21-20-38-19-18-37-17-16-36-15-14-35-13-12-34-11-10-33-9-8-32-7-6-31-5-4-30/h29H,3-28H2,1-2H3. The summed E-state index contributed by atoms with van der Waals surface area (Å²) in [7, 11) is 0. The molecule has 0 aliphatic rings. The highest BCUT2D eigenvalue weighted by Crippen LogP contribution is 2.00. The summed E-state index contributed by atoms with van der Waals surface area (Å²) in [6.07, 6.45) is 1.13. The van der Waals surface area contributed by atoms with Crippen LogP contribution in [-0.4, -0.2) is 164 Å². The van der Waals surface area contributed by atoms with Crippen LogP contribution in [0.5, 0.6) is 0 Å². The number of hydrogen-bond donors (Lipinski definition) is 0. The number of alkyl halides is 1. The van der Waals surface area contributed by atoms with Crippen molar-refractivity contribution >= 4 is 15.9 Å². The molecule has 0 aromatic heterocycles. The summed E-state index contributed by atoms with van der Waals surface area (Å²) in [4.78, 5) is 0. The van der Waals surface area contributed by atoms with E-state index < -0.39 is 0 Å². The molecular weight excluding hydrogens is 620 g/mol. The number of rotatable bonds is 38. The summed E-state index contributed by atoms with van der Waals surface area (Å²) in [6, 6.07) is 0. The van der Waals surface area contributed by atoms with Crippen LogP contribution in [-0.2, 0) is 56.8 Å². The summed E-state index contributed by atoms with van der Waals surface area (Å²) in [6.45, 7) is 17.8. The van der Waals surface area contributed by atoms with Crippen molar-refractivity contribution in [1.29, 1.82) is 0 Å². The Morgan fingerprint density at radius 2 is 0.524 bits per heavy atom. The fourth-order valence-electron chi connectivity index (χ4n) is 2.88. The monoisotopic (exact) mass is 678 g/mol. The van der Waals surface area contributed by atoms with Gasteiger partial charge in [0.2, 0.25) is 0 Å². The quantitative estimate of drug-likeness (QED) is 0.0707. The first-order valence-corrected chi connectivity index (χ1v) is 16.4. The van der Waals surface area contributed by atoms with Gasteiger partial charge in [0.15, 0.2) is 0 Å². The van der Waals surface area contributed by atoms with Crippen molar-refractivity contribution in [2.45, 2.75) is 20.3 Å². The summed E-state index contributed by atoms with van der Waals surface area (Å²) < 4.78 is 65.4. The lowest BCUT2D eigenvalue weighted by Crippen LogP contribution is -2.15. The van der Waals surface area contributed by atoms with Crippen LogP contribution in [0.3, 0.4) is 0 Å². The van der Waals surface area contributed by atoms with Gasteiger partial charge in [-0.3, -0.25) is 0 Å². The fraction of sp³-hybridized carbons (Fsp3) is 1.00.